The summed E-state index contributed by atoms with van der Waals surface area (Å²) in [4.78, 5) is 0. The summed E-state index contributed by atoms with van der Waals surface area (Å²) in [5, 5.41) is 12.1. The van der Waals surface area contributed by atoms with Crippen LogP contribution in [0.1, 0.15) is 22.7 Å². The first kappa shape index (κ1) is 13.0. The van der Waals surface area contributed by atoms with Crippen LogP contribution in [-0.2, 0) is 7.05 Å². The van der Waals surface area contributed by atoms with E-state index in [0.717, 1.165) is 10.9 Å². The molecule has 18 heavy (non-hydrogen) atoms. The molecule has 0 saturated carbocycles. The number of thioether (sulfide) groups is 1. The predicted molar refractivity (Wildman–Crippen MR) is 72.4 cm³/mol. The quantitative estimate of drug-likeness (QED) is 0.849. The van der Waals surface area contributed by atoms with E-state index in [2.05, 4.69) is 47.6 Å². The highest BCUT2D eigenvalue weighted by atomic mass is 32.2. The lowest BCUT2D eigenvalue weighted by Gasteiger charge is -2.14. The number of aromatic nitrogens is 4. The van der Waals surface area contributed by atoms with Crippen molar-refractivity contribution in [3.63, 3.8) is 0 Å². The minimum Gasteiger partial charge on any atom is -0.323 e. The minimum absolute atomic E-state index is 0.00713. The minimum atomic E-state index is -0.00713. The van der Waals surface area contributed by atoms with Gasteiger partial charge in [-0.1, -0.05) is 35.5 Å². The largest absolute Gasteiger partial charge is 0.323 e. The standard InChI is InChI=1S/C12H17N5S/c1-8-4-5-10(9(2)6-8)11(13)7-18-12-14-15-16-17(12)3/h4-6,11H,7,13H2,1-3H3. The van der Waals surface area contributed by atoms with Gasteiger partial charge in [0.1, 0.15) is 0 Å². The third-order valence-electron chi connectivity index (χ3n) is 2.80. The van der Waals surface area contributed by atoms with Crippen molar-refractivity contribution in [1.82, 2.24) is 20.2 Å². The number of benzene rings is 1. The van der Waals surface area contributed by atoms with E-state index in [0.29, 0.717) is 0 Å². The fraction of sp³-hybridized carbons (Fsp3) is 0.417. The Kier molecular flexibility index (Phi) is 3.98. The van der Waals surface area contributed by atoms with Crippen molar-refractivity contribution in [1.29, 1.82) is 0 Å². The molecular weight excluding hydrogens is 246 g/mol. The van der Waals surface area contributed by atoms with E-state index in [1.165, 1.54) is 16.7 Å². The fourth-order valence-corrected chi connectivity index (χ4v) is 2.67. The van der Waals surface area contributed by atoms with E-state index < -0.39 is 0 Å². The molecule has 0 aliphatic rings. The van der Waals surface area contributed by atoms with Crippen molar-refractivity contribution in [2.45, 2.75) is 25.0 Å². The number of hydrogen-bond acceptors (Lipinski definition) is 5. The maximum atomic E-state index is 6.21. The third-order valence-corrected chi connectivity index (χ3v) is 3.93. The average molecular weight is 263 g/mol. The molecule has 96 valence electrons. The average Bonchev–Trinajstić information content (AvgIpc) is 2.72. The highest BCUT2D eigenvalue weighted by Crippen LogP contribution is 2.23. The molecule has 0 spiro atoms. The molecule has 1 aromatic carbocycles. The molecule has 1 unspecified atom stereocenters. The van der Waals surface area contributed by atoms with Crippen LogP contribution in [0, 0.1) is 13.8 Å². The molecule has 0 amide bonds. The Bertz CT molecular complexity index is 537. The molecule has 0 fully saturated rings. The van der Waals surface area contributed by atoms with Gasteiger partial charge in [0, 0.05) is 18.8 Å². The summed E-state index contributed by atoms with van der Waals surface area (Å²) >= 11 is 1.57. The van der Waals surface area contributed by atoms with Gasteiger partial charge in [-0.25, -0.2) is 4.68 Å². The van der Waals surface area contributed by atoms with Crippen molar-refractivity contribution in [3.05, 3.63) is 34.9 Å². The van der Waals surface area contributed by atoms with Crippen molar-refractivity contribution >= 4 is 11.8 Å². The van der Waals surface area contributed by atoms with E-state index in [4.69, 9.17) is 5.73 Å². The van der Waals surface area contributed by atoms with Gasteiger partial charge in [-0.05, 0) is 35.4 Å². The van der Waals surface area contributed by atoms with Crippen LogP contribution in [0.25, 0.3) is 0 Å². The normalized spacial score (nSPS) is 12.7. The van der Waals surface area contributed by atoms with Crippen LogP contribution in [0.2, 0.25) is 0 Å². The van der Waals surface area contributed by atoms with Crippen LogP contribution in [0.15, 0.2) is 23.4 Å². The lowest BCUT2D eigenvalue weighted by atomic mass is 10.0. The first-order valence-electron chi connectivity index (χ1n) is 5.76. The molecule has 2 rings (SSSR count). The Morgan fingerprint density at radius 1 is 1.39 bits per heavy atom. The summed E-state index contributed by atoms with van der Waals surface area (Å²) in [5.74, 6) is 0.762. The lowest BCUT2D eigenvalue weighted by molar-refractivity contribution is 0.663. The smallest absolute Gasteiger partial charge is 0.209 e. The van der Waals surface area contributed by atoms with Gasteiger partial charge in [-0.15, -0.1) is 5.10 Å². The number of hydrogen-bond donors (Lipinski definition) is 1. The number of tetrazole rings is 1. The van der Waals surface area contributed by atoms with Gasteiger partial charge in [0.2, 0.25) is 5.16 Å². The van der Waals surface area contributed by atoms with E-state index >= 15 is 0 Å². The molecule has 2 aromatic rings. The molecule has 5 nitrogen and oxygen atoms in total. The number of nitrogens with zero attached hydrogens (tertiary/aromatic N) is 4. The third kappa shape index (κ3) is 2.88. The molecular formula is C12H17N5S. The molecule has 0 radical (unpaired) electrons. The molecule has 0 aliphatic carbocycles. The van der Waals surface area contributed by atoms with Gasteiger partial charge >= 0.3 is 0 Å². The summed E-state index contributed by atoms with van der Waals surface area (Å²) in [6.45, 7) is 4.18. The van der Waals surface area contributed by atoms with Crippen LogP contribution >= 0.6 is 11.8 Å². The Morgan fingerprint density at radius 3 is 2.78 bits per heavy atom. The fourth-order valence-electron chi connectivity index (χ4n) is 1.84. The van der Waals surface area contributed by atoms with Gasteiger partial charge in [0.25, 0.3) is 0 Å². The molecule has 1 atom stereocenters. The topological polar surface area (TPSA) is 69.6 Å². The van der Waals surface area contributed by atoms with Crippen molar-refractivity contribution in [2.24, 2.45) is 12.8 Å². The van der Waals surface area contributed by atoms with Crippen molar-refractivity contribution < 1.29 is 0 Å². The molecule has 0 saturated heterocycles. The molecule has 6 heteroatoms. The van der Waals surface area contributed by atoms with E-state index in [-0.39, 0.29) is 6.04 Å². The second kappa shape index (κ2) is 5.49. The van der Waals surface area contributed by atoms with E-state index in [9.17, 15) is 0 Å². The summed E-state index contributed by atoms with van der Waals surface area (Å²) in [6, 6.07) is 6.35. The van der Waals surface area contributed by atoms with Crippen LogP contribution in [0.4, 0.5) is 0 Å². The van der Waals surface area contributed by atoms with E-state index in [1.807, 2.05) is 7.05 Å². The first-order chi connectivity index (χ1) is 8.58. The van der Waals surface area contributed by atoms with E-state index in [1.54, 1.807) is 16.4 Å². The Balaban J connectivity index is 2.03. The summed E-state index contributed by atoms with van der Waals surface area (Å²) in [5.41, 5.74) is 9.89. The maximum absolute atomic E-state index is 6.21. The molecule has 2 N–H and O–H groups in total. The SMILES string of the molecule is Cc1ccc(C(N)CSc2nnnn2C)c(C)c1. The zero-order valence-electron chi connectivity index (χ0n) is 10.8. The number of aryl methyl sites for hydroxylation is 3. The molecule has 1 heterocycles. The van der Waals surface area contributed by atoms with Gasteiger partial charge < -0.3 is 5.73 Å². The van der Waals surface area contributed by atoms with Crippen molar-refractivity contribution in [3.8, 4) is 0 Å². The molecule has 1 aromatic heterocycles. The predicted octanol–water partition coefficient (Wildman–Crippen LogP) is 1.62. The zero-order valence-corrected chi connectivity index (χ0v) is 11.6. The second-order valence-corrected chi connectivity index (χ2v) is 5.35. The van der Waals surface area contributed by atoms with Crippen LogP contribution < -0.4 is 5.73 Å². The highest BCUT2D eigenvalue weighted by molar-refractivity contribution is 7.99. The van der Waals surface area contributed by atoms with Crippen LogP contribution in [0.3, 0.4) is 0 Å². The number of nitrogens with two attached hydrogens (primary N) is 1. The second-order valence-electron chi connectivity index (χ2n) is 4.36. The first-order valence-corrected chi connectivity index (χ1v) is 6.74. The lowest BCUT2D eigenvalue weighted by Crippen LogP contribution is -2.15. The molecule has 0 bridgehead atoms. The zero-order chi connectivity index (χ0) is 13.1. The van der Waals surface area contributed by atoms with Crippen LogP contribution in [-0.4, -0.2) is 26.0 Å². The Hall–Kier alpha value is -1.40. The van der Waals surface area contributed by atoms with Gasteiger partial charge in [-0.2, -0.15) is 0 Å². The van der Waals surface area contributed by atoms with Crippen LogP contribution in [0.5, 0.6) is 0 Å². The number of rotatable bonds is 4. The summed E-state index contributed by atoms with van der Waals surface area (Å²) in [7, 11) is 1.82. The Morgan fingerprint density at radius 2 is 2.17 bits per heavy atom. The van der Waals surface area contributed by atoms with Crippen molar-refractivity contribution in [2.75, 3.05) is 5.75 Å². The maximum Gasteiger partial charge on any atom is 0.209 e. The van der Waals surface area contributed by atoms with Gasteiger partial charge in [-0.3, -0.25) is 0 Å². The Labute approximate surface area is 111 Å². The summed E-state index contributed by atoms with van der Waals surface area (Å²) < 4.78 is 1.65. The monoisotopic (exact) mass is 263 g/mol. The highest BCUT2D eigenvalue weighted by Gasteiger charge is 2.11. The molecule has 0 aliphatic heterocycles. The van der Waals surface area contributed by atoms with Gasteiger partial charge in [0.15, 0.2) is 0 Å². The summed E-state index contributed by atoms with van der Waals surface area (Å²) in [6.07, 6.45) is 0. The van der Waals surface area contributed by atoms with Gasteiger partial charge in [0.05, 0.1) is 0 Å².